The fourth-order valence-corrected chi connectivity index (χ4v) is 3.06. The number of benzene rings is 1. The molecule has 7 nitrogen and oxygen atoms in total. The third-order valence-corrected chi connectivity index (χ3v) is 4.10. The predicted molar refractivity (Wildman–Crippen MR) is 82.2 cm³/mol. The summed E-state index contributed by atoms with van der Waals surface area (Å²) in [6.45, 7) is 2.78. The molecule has 1 saturated heterocycles. The maximum atomic E-state index is 12.9. The smallest absolute Gasteiger partial charge is 0.308 e. The molecule has 3 rings (SSSR count). The van der Waals surface area contributed by atoms with Crippen LogP contribution in [0, 0.1) is 11.8 Å². The Balaban J connectivity index is 1.90. The van der Waals surface area contributed by atoms with E-state index < -0.39 is 11.9 Å². The van der Waals surface area contributed by atoms with Gasteiger partial charge in [0.15, 0.2) is 0 Å². The Bertz CT molecular complexity index is 714. The van der Waals surface area contributed by atoms with Crippen molar-refractivity contribution in [1.82, 2.24) is 19.9 Å². The molecule has 0 spiro atoms. The highest BCUT2D eigenvalue weighted by molar-refractivity contribution is 5.98. The summed E-state index contributed by atoms with van der Waals surface area (Å²) in [5.74, 6) is -1.37. The fraction of sp³-hybridized carbons (Fsp3) is 0.375. The van der Waals surface area contributed by atoms with Gasteiger partial charge in [0.05, 0.1) is 29.6 Å². The molecule has 120 valence electrons. The number of carbonyl (C=O) groups excluding carboxylic acids is 1. The van der Waals surface area contributed by atoms with Gasteiger partial charge in [-0.25, -0.2) is 4.68 Å². The number of carboxylic acids is 1. The molecular weight excluding hydrogens is 296 g/mol. The number of aliphatic carboxylic acids is 1. The van der Waals surface area contributed by atoms with Crippen molar-refractivity contribution in [3.05, 3.63) is 42.2 Å². The van der Waals surface area contributed by atoms with E-state index in [1.54, 1.807) is 35.5 Å². The number of carboxylic acid groups (broad SMARTS) is 1. The van der Waals surface area contributed by atoms with Gasteiger partial charge >= 0.3 is 5.97 Å². The number of hydrogen-bond acceptors (Lipinski definition) is 4. The minimum Gasteiger partial charge on any atom is -0.481 e. The molecule has 0 radical (unpaired) electrons. The lowest BCUT2D eigenvalue weighted by Gasteiger charge is -2.35. The molecule has 2 heterocycles. The predicted octanol–water partition coefficient (Wildman–Crippen LogP) is 1.45. The standard InChI is InChI=1S/C16H18N4O3/c1-11-8-12(16(22)23)10-19(9-11)15(21)13-4-2-3-5-14(13)20-7-6-17-18-20/h2-7,11-12H,8-10H2,1H3,(H,22,23). The van der Waals surface area contributed by atoms with E-state index in [2.05, 4.69) is 10.3 Å². The van der Waals surface area contributed by atoms with Crippen LogP contribution in [0.4, 0.5) is 0 Å². The van der Waals surface area contributed by atoms with Gasteiger partial charge in [-0.2, -0.15) is 0 Å². The van der Waals surface area contributed by atoms with Crippen LogP contribution in [0.2, 0.25) is 0 Å². The van der Waals surface area contributed by atoms with Crippen molar-refractivity contribution < 1.29 is 14.7 Å². The zero-order valence-electron chi connectivity index (χ0n) is 12.8. The van der Waals surface area contributed by atoms with Crippen molar-refractivity contribution in [2.45, 2.75) is 13.3 Å². The quantitative estimate of drug-likeness (QED) is 0.926. The molecular formula is C16H18N4O3. The van der Waals surface area contributed by atoms with E-state index in [1.807, 2.05) is 13.0 Å². The number of carbonyl (C=O) groups is 2. The highest BCUT2D eigenvalue weighted by atomic mass is 16.4. The summed E-state index contributed by atoms with van der Waals surface area (Å²) in [5, 5.41) is 17.0. The van der Waals surface area contributed by atoms with Gasteiger partial charge in [-0.05, 0) is 24.5 Å². The van der Waals surface area contributed by atoms with Crippen LogP contribution in [0.1, 0.15) is 23.7 Å². The lowest BCUT2D eigenvalue weighted by molar-refractivity contribution is -0.143. The van der Waals surface area contributed by atoms with Crippen LogP contribution in [-0.4, -0.2) is 50.0 Å². The molecule has 0 aliphatic carbocycles. The third-order valence-electron chi connectivity index (χ3n) is 4.10. The fourth-order valence-electron chi connectivity index (χ4n) is 3.06. The van der Waals surface area contributed by atoms with Crippen molar-refractivity contribution in [3.63, 3.8) is 0 Å². The highest BCUT2D eigenvalue weighted by Crippen LogP contribution is 2.24. The van der Waals surface area contributed by atoms with Gasteiger partial charge in [0.2, 0.25) is 0 Å². The van der Waals surface area contributed by atoms with E-state index in [4.69, 9.17) is 0 Å². The number of rotatable bonds is 3. The topological polar surface area (TPSA) is 88.3 Å². The Kier molecular flexibility index (Phi) is 4.10. The monoisotopic (exact) mass is 314 g/mol. The van der Waals surface area contributed by atoms with Gasteiger partial charge in [-0.1, -0.05) is 24.3 Å². The van der Waals surface area contributed by atoms with Crippen LogP contribution in [0.3, 0.4) is 0 Å². The molecule has 23 heavy (non-hydrogen) atoms. The maximum Gasteiger partial charge on any atom is 0.308 e. The van der Waals surface area contributed by atoms with E-state index in [1.165, 1.54) is 4.68 Å². The molecule has 2 aromatic rings. The summed E-state index contributed by atoms with van der Waals surface area (Å²) >= 11 is 0. The van der Waals surface area contributed by atoms with Crippen LogP contribution in [0.5, 0.6) is 0 Å². The Morgan fingerprint density at radius 3 is 2.74 bits per heavy atom. The molecule has 1 aliphatic heterocycles. The highest BCUT2D eigenvalue weighted by Gasteiger charge is 2.33. The maximum absolute atomic E-state index is 12.9. The first-order chi connectivity index (χ1) is 11.1. The number of hydrogen-bond donors (Lipinski definition) is 1. The number of aromatic nitrogens is 3. The second kappa shape index (κ2) is 6.20. The van der Waals surface area contributed by atoms with E-state index in [-0.39, 0.29) is 18.4 Å². The molecule has 0 bridgehead atoms. The van der Waals surface area contributed by atoms with E-state index >= 15 is 0 Å². The zero-order valence-corrected chi connectivity index (χ0v) is 12.8. The van der Waals surface area contributed by atoms with Gasteiger partial charge in [0.25, 0.3) is 5.91 Å². The molecule has 2 unspecified atom stereocenters. The summed E-state index contributed by atoms with van der Waals surface area (Å²) in [4.78, 5) is 25.8. The van der Waals surface area contributed by atoms with Crippen LogP contribution in [-0.2, 0) is 4.79 Å². The lowest BCUT2D eigenvalue weighted by atomic mass is 9.90. The average Bonchev–Trinajstić information content (AvgIpc) is 3.08. The molecule has 1 fully saturated rings. The summed E-state index contributed by atoms with van der Waals surface area (Å²) in [6.07, 6.45) is 3.82. The summed E-state index contributed by atoms with van der Waals surface area (Å²) < 4.78 is 1.54. The Labute approximate surface area is 133 Å². The van der Waals surface area contributed by atoms with Crippen molar-refractivity contribution in [3.8, 4) is 5.69 Å². The average molecular weight is 314 g/mol. The van der Waals surface area contributed by atoms with Gasteiger partial charge in [-0.15, -0.1) is 5.10 Å². The molecule has 1 amide bonds. The summed E-state index contributed by atoms with van der Waals surface area (Å²) in [7, 11) is 0. The molecule has 1 aliphatic rings. The second-order valence-electron chi connectivity index (χ2n) is 5.95. The number of piperidine rings is 1. The number of likely N-dealkylation sites (tertiary alicyclic amines) is 1. The minimum absolute atomic E-state index is 0.160. The molecule has 1 aromatic carbocycles. The van der Waals surface area contributed by atoms with E-state index in [9.17, 15) is 14.7 Å². The minimum atomic E-state index is -0.848. The van der Waals surface area contributed by atoms with Crippen LogP contribution in [0.15, 0.2) is 36.7 Å². The molecule has 1 aromatic heterocycles. The molecule has 0 saturated carbocycles. The molecule has 2 atom stereocenters. The van der Waals surface area contributed by atoms with Crippen molar-refractivity contribution in [1.29, 1.82) is 0 Å². The van der Waals surface area contributed by atoms with Gasteiger partial charge < -0.3 is 10.0 Å². The van der Waals surface area contributed by atoms with Gasteiger partial charge in [0.1, 0.15) is 0 Å². The Morgan fingerprint density at radius 2 is 2.04 bits per heavy atom. The lowest BCUT2D eigenvalue weighted by Crippen LogP contribution is -2.45. The van der Waals surface area contributed by atoms with Gasteiger partial charge in [0, 0.05) is 13.1 Å². The van der Waals surface area contributed by atoms with E-state index in [0.717, 1.165) is 0 Å². The SMILES string of the molecule is CC1CC(C(=O)O)CN(C(=O)c2ccccc2-n2ccnn2)C1. The number of amides is 1. The van der Waals surface area contributed by atoms with E-state index in [0.29, 0.717) is 24.2 Å². The first-order valence-electron chi connectivity index (χ1n) is 7.54. The number of nitrogens with zero attached hydrogens (tertiary/aromatic N) is 4. The largest absolute Gasteiger partial charge is 0.481 e. The van der Waals surface area contributed by atoms with Crippen molar-refractivity contribution >= 4 is 11.9 Å². The first-order valence-corrected chi connectivity index (χ1v) is 7.54. The Morgan fingerprint density at radius 1 is 1.26 bits per heavy atom. The third kappa shape index (κ3) is 3.08. The van der Waals surface area contributed by atoms with Crippen LogP contribution < -0.4 is 0 Å². The van der Waals surface area contributed by atoms with Crippen LogP contribution >= 0.6 is 0 Å². The number of para-hydroxylation sites is 1. The summed E-state index contributed by atoms with van der Waals surface area (Å²) in [6, 6.07) is 7.14. The zero-order chi connectivity index (χ0) is 16.4. The first kappa shape index (κ1) is 15.2. The normalized spacial score (nSPS) is 21.2. The molecule has 1 N–H and O–H groups in total. The second-order valence-corrected chi connectivity index (χ2v) is 5.95. The van der Waals surface area contributed by atoms with Crippen molar-refractivity contribution in [2.24, 2.45) is 11.8 Å². The van der Waals surface area contributed by atoms with Crippen molar-refractivity contribution in [2.75, 3.05) is 13.1 Å². The van der Waals surface area contributed by atoms with Gasteiger partial charge in [-0.3, -0.25) is 9.59 Å². The summed E-state index contributed by atoms with van der Waals surface area (Å²) in [5.41, 5.74) is 1.14. The Hall–Kier alpha value is -2.70. The molecule has 7 heteroatoms. The van der Waals surface area contributed by atoms with Crippen LogP contribution in [0.25, 0.3) is 5.69 Å².